The Morgan fingerprint density at radius 1 is 1.35 bits per heavy atom. The number of ether oxygens (including phenoxy) is 2. The maximum absolute atomic E-state index is 13.2. The first-order chi connectivity index (χ1) is 10.7. The molecule has 0 spiro atoms. The van der Waals surface area contributed by atoms with Gasteiger partial charge in [0.2, 0.25) is 0 Å². The lowest BCUT2D eigenvalue weighted by Gasteiger charge is -2.28. The highest BCUT2D eigenvalue weighted by molar-refractivity contribution is 5.82. The van der Waals surface area contributed by atoms with E-state index in [1.165, 1.54) is 13.2 Å². The van der Waals surface area contributed by atoms with Crippen molar-refractivity contribution in [2.24, 2.45) is 5.92 Å². The molecule has 5 nitrogen and oxygen atoms in total. The summed E-state index contributed by atoms with van der Waals surface area (Å²) >= 11 is 0. The number of halogens is 3. The highest BCUT2D eigenvalue weighted by Gasteiger charge is 2.62. The largest absolute Gasteiger partial charge is 0.495 e. The highest BCUT2D eigenvalue weighted by Crippen LogP contribution is 2.42. The molecule has 2 N–H and O–H groups in total. The number of methoxy groups -OCH3 is 2. The number of alkyl halides is 3. The van der Waals surface area contributed by atoms with Crippen LogP contribution in [0.3, 0.4) is 0 Å². The summed E-state index contributed by atoms with van der Waals surface area (Å²) < 4.78 is 48.8. The molecule has 1 aromatic carbocycles. The van der Waals surface area contributed by atoms with Gasteiger partial charge in [0.15, 0.2) is 0 Å². The van der Waals surface area contributed by atoms with E-state index in [2.05, 4.69) is 10.1 Å². The zero-order valence-electron chi connectivity index (χ0n) is 12.7. The number of anilines is 1. The fourth-order valence-electron chi connectivity index (χ4n) is 2.18. The van der Waals surface area contributed by atoms with E-state index in [0.29, 0.717) is 18.2 Å². The predicted octanol–water partition coefficient (Wildman–Crippen LogP) is 2.44. The van der Waals surface area contributed by atoms with E-state index >= 15 is 0 Å². The molecule has 23 heavy (non-hydrogen) atoms. The Kier molecular flexibility index (Phi) is 4.74. The number of carbonyl (C=O) groups excluding carboxylic acids is 1. The zero-order chi connectivity index (χ0) is 17.3. The Morgan fingerprint density at radius 3 is 2.48 bits per heavy atom. The van der Waals surface area contributed by atoms with Crippen molar-refractivity contribution >= 4 is 11.7 Å². The van der Waals surface area contributed by atoms with Crippen LogP contribution in [0, 0.1) is 5.92 Å². The van der Waals surface area contributed by atoms with Gasteiger partial charge in [0, 0.05) is 12.1 Å². The molecule has 1 aliphatic carbocycles. The van der Waals surface area contributed by atoms with E-state index in [1.807, 2.05) is 0 Å². The van der Waals surface area contributed by atoms with Crippen LogP contribution in [0.5, 0.6) is 5.75 Å². The summed E-state index contributed by atoms with van der Waals surface area (Å²) in [5, 5.41) is 13.0. The van der Waals surface area contributed by atoms with Crippen LogP contribution in [0.4, 0.5) is 18.9 Å². The molecular formula is C15H18F3NO4. The van der Waals surface area contributed by atoms with E-state index in [4.69, 9.17) is 4.74 Å². The second kappa shape index (κ2) is 6.27. The van der Waals surface area contributed by atoms with Gasteiger partial charge in [-0.05, 0) is 30.9 Å². The molecule has 1 fully saturated rings. The van der Waals surface area contributed by atoms with E-state index in [0.717, 1.165) is 32.1 Å². The average Bonchev–Trinajstić information content (AvgIpc) is 3.34. The molecule has 1 aromatic rings. The molecule has 128 valence electrons. The smallest absolute Gasteiger partial charge is 0.432 e. The van der Waals surface area contributed by atoms with Crippen LogP contribution in [0.15, 0.2) is 18.2 Å². The van der Waals surface area contributed by atoms with Crippen LogP contribution >= 0.6 is 0 Å². The van der Waals surface area contributed by atoms with Crippen molar-refractivity contribution in [1.82, 2.24) is 0 Å². The predicted molar refractivity (Wildman–Crippen MR) is 76.2 cm³/mol. The van der Waals surface area contributed by atoms with Crippen molar-refractivity contribution in [3.8, 4) is 5.75 Å². The molecule has 0 bridgehead atoms. The molecular weight excluding hydrogens is 315 g/mol. The summed E-state index contributed by atoms with van der Waals surface area (Å²) in [4.78, 5) is 11.5. The quantitative estimate of drug-likeness (QED) is 0.783. The lowest BCUT2D eigenvalue weighted by Crippen LogP contribution is -2.49. The van der Waals surface area contributed by atoms with E-state index < -0.39 is 23.3 Å². The minimum Gasteiger partial charge on any atom is -0.495 e. The topological polar surface area (TPSA) is 67.8 Å². The maximum Gasteiger partial charge on any atom is 0.432 e. The van der Waals surface area contributed by atoms with Crippen LogP contribution < -0.4 is 10.1 Å². The molecule has 0 unspecified atom stereocenters. The Morgan fingerprint density at radius 2 is 2.00 bits per heavy atom. The first-order valence-corrected chi connectivity index (χ1v) is 7.04. The molecule has 1 atom stereocenters. The number of esters is 1. The molecule has 0 saturated heterocycles. The van der Waals surface area contributed by atoms with Gasteiger partial charge < -0.3 is 19.9 Å². The third kappa shape index (κ3) is 3.36. The Balaban J connectivity index is 2.37. The lowest BCUT2D eigenvalue weighted by atomic mass is 9.92. The minimum atomic E-state index is -5.23. The normalized spacial score (nSPS) is 17.3. The van der Waals surface area contributed by atoms with Gasteiger partial charge in [-0.3, -0.25) is 0 Å². The zero-order valence-corrected chi connectivity index (χ0v) is 12.7. The number of hydrogen-bond acceptors (Lipinski definition) is 5. The van der Waals surface area contributed by atoms with Crippen LogP contribution in [0.2, 0.25) is 0 Å². The van der Waals surface area contributed by atoms with Crippen molar-refractivity contribution in [2.75, 3.05) is 26.1 Å². The van der Waals surface area contributed by atoms with Crippen molar-refractivity contribution in [1.29, 1.82) is 0 Å². The molecule has 1 aliphatic rings. The van der Waals surface area contributed by atoms with Gasteiger partial charge in [0.25, 0.3) is 5.60 Å². The van der Waals surface area contributed by atoms with Gasteiger partial charge in [0.05, 0.1) is 19.9 Å². The first kappa shape index (κ1) is 17.4. The summed E-state index contributed by atoms with van der Waals surface area (Å²) in [5.74, 6) is -1.14. The summed E-state index contributed by atoms with van der Waals surface area (Å²) in [7, 11) is 2.08. The van der Waals surface area contributed by atoms with Gasteiger partial charge in [-0.15, -0.1) is 0 Å². The van der Waals surface area contributed by atoms with Crippen molar-refractivity contribution in [2.45, 2.75) is 24.6 Å². The van der Waals surface area contributed by atoms with Crippen LogP contribution in [0.25, 0.3) is 0 Å². The number of nitrogens with one attached hydrogen (secondary N) is 1. The maximum atomic E-state index is 13.2. The molecule has 2 rings (SSSR count). The van der Waals surface area contributed by atoms with Gasteiger partial charge in [-0.25, -0.2) is 4.79 Å². The molecule has 8 heteroatoms. The molecule has 0 radical (unpaired) electrons. The second-order valence-corrected chi connectivity index (χ2v) is 5.44. The Bertz CT molecular complexity index is 587. The molecule has 1 saturated carbocycles. The van der Waals surface area contributed by atoms with Gasteiger partial charge in [0.1, 0.15) is 5.75 Å². The fraction of sp³-hybridized carbons (Fsp3) is 0.533. The van der Waals surface area contributed by atoms with Crippen molar-refractivity contribution in [3.63, 3.8) is 0 Å². The Labute approximate surface area is 131 Å². The minimum absolute atomic E-state index is 0.106. The number of hydrogen-bond donors (Lipinski definition) is 2. The summed E-state index contributed by atoms with van der Waals surface area (Å²) in [6.07, 6.45) is -3.00. The van der Waals surface area contributed by atoms with Gasteiger partial charge in [-0.2, -0.15) is 13.2 Å². The number of aliphatic hydroxyl groups is 1. The highest BCUT2D eigenvalue weighted by atomic mass is 19.4. The standard InChI is InChI=1S/C15H18F3NO4/c1-22-12-7-10(5-6-11(12)19-8-9-3-4-9)14(21,13(20)23-2)15(16,17)18/h5-7,9,19,21H,3-4,8H2,1-2H3/t14-/m0/s1. The number of carbonyl (C=O) groups is 1. The molecule has 0 amide bonds. The SMILES string of the molecule is COC(=O)[C@@](O)(c1ccc(NCC2CC2)c(OC)c1)C(F)(F)F. The van der Waals surface area contributed by atoms with Crippen molar-refractivity contribution in [3.05, 3.63) is 23.8 Å². The monoisotopic (exact) mass is 333 g/mol. The van der Waals surface area contributed by atoms with Crippen LogP contribution in [0.1, 0.15) is 18.4 Å². The van der Waals surface area contributed by atoms with Crippen molar-refractivity contribution < 1.29 is 32.5 Å². The molecule has 0 aliphatic heterocycles. The second-order valence-electron chi connectivity index (χ2n) is 5.44. The third-order valence-corrected chi connectivity index (χ3v) is 3.79. The van der Waals surface area contributed by atoms with Crippen LogP contribution in [-0.4, -0.2) is 38.0 Å². The first-order valence-electron chi connectivity index (χ1n) is 7.04. The lowest BCUT2D eigenvalue weighted by molar-refractivity contribution is -0.266. The molecule has 0 heterocycles. The summed E-state index contributed by atoms with van der Waals surface area (Å²) in [6.45, 7) is 0.691. The fourth-order valence-corrected chi connectivity index (χ4v) is 2.18. The third-order valence-electron chi connectivity index (χ3n) is 3.79. The van der Waals surface area contributed by atoms with Gasteiger partial charge in [-0.1, -0.05) is 6.07 Å². The number of rotatable bonds is 6. The van der Waals surface area contributed by atoms with Gasteiger partial charge >= 0.3 is 12.1 Å². The van der Waals surface area contributed by atoms with E-state index in [9.17, 15) is 23.1 Å². The van der Waals surface area contributed by atoms with E-state index in [-0.39, 0.29) is 5.75 Å². The summed E-state index contributed by atoms with van der Waals surface area (Å²) in [6, 6.07) is 3.36. The Hall–Kier alpha value is -1.96. The number of benzene rings is 1. The summed E-state index contributed by atoms with van der Waals surface area (Å²) in [5.41, 5.74) is -3.91. The average molecular weight is 333 g/mol. The van der Waals surface area contributed by atoms with E-state index in [1.54, 1.807) is 0 Å². The van der Waals surface area contributed by atoms with Crippen LogP contribution in [-0.2, 0) is 15.1 Å². The molecule has 0 aromatic heterocycles.